The van der Waals surface area contributed by atoms with E-state index in [2.05, 4.69) is 27.7 Å². The molecule has 2 aromatic carbocycles. The maximum atomic E-state index is 6.22. The Morgan fingerprint density at radius 1 is 0.850 bits per heavy atom. The van der Waals surface area contributed by atoms with Crippen LogP contribution >= 0.6 is 0 Å². The molecule has 0 bridgehead atoms. The fourth-order valence-electron chi connectivity index (χ4n) is 3.06. The number of benzene rings is 2. The molecule has 20 heavy (non-hydrogen) atoms. The molecule has 5 heteroatoms. The van der Waals surface area contributed by atoms with E-state index in [1.165, 1.54) is 0 Å². The van der Waals surface area contributed by atoms with E-state index in [1.807, 2.05) is 36.4 Å². The van der Waals surface area contributed by atoms with E-state index in [9.17, 15) is 0 Å². The number of nitrogens with zero attached hydrogens (tertiary/aromatic N) is 2. The summed E-state index contributed by atoms with van der Waals surface area (Å²) in [7, 11) is 0. The van der Waals surface area contributed by atoms with Gasteiger partial charge >= 0.3 is 0 Å². The minimum atomic E-state index is -0.712. The Morgan fingerprint density at radius 3 is 1.95 bits per heavy atom. The van der Waals surface area contributed by atoms with Crippen molar-refractivity contribution in [2.24, 2.45) is 21.6 Å². The Kier molecular flexibility index (Phi) is 1.99. The highest BCUT2D eigenvalue weighted by atomic mass is 15.4. The van der Waals surface area contributed by atoms with Gasteiger partial charge in [0.15, 0.2) is 5.54 Å². The van der Waals surface area contributed by atoms with Crippen LogP contribution in [0, 0.1) is 0 Å². The molecule has 1 heterocycles. The fourth-order valence-corrected chi connectivity index (χ4v) is 3.06. The van der Waals surface area contributed by atoms with E-state index >= 15 is 0 Å². The molecule has 5 nitrogen and oxygen atoms in total. The molecule has 0 atom stereocenters. The largest absolute Gasteiger partial charge is 0.384 e. The Labute approximate surface area is 116 Å². The molecular formula is C15H13N5. The number of amidine groups is 1. The van der Waals surface area contributed by atoms with Crippen molar-refractivity contribution in [3.8, 4) is 11.1 Å². The topological polar surface area (TPSA) is 88.8 Å². The van der Waals surface area contributed by atoms with Crippen molar-refractivity contribution in [3.05, 3.63) is 59.7 Å². The van der Waals surface area contributed by atoms with Crippen molar-refractivity contribution in [3.63, 3.8) is 0 Å². The van der Waals surface area contributed by atoms with Gasteiger partial charge in [0.1, 0.15) is 5.84 Å². The molecule has 4 rings (SSSR count). The highest BCUT2D eigenvalue weighted by Gasteiger charge is 2.47. The van der Waals surface area contributed by atoms with Crippen LogP contribution in [0.1, 0.15) is 11.1 Å². The van der Waals surface area contributed by atoms with E-state index in [-0.39, 0.29) is 5.96 Å². The van der Waals surface area contributed by atoms with E-state index in [0.717, 1.165) is 22.3 Å². The molecule has 1 spiro atoms. The van der Waals surface area contributed by atoms with Crippen molar-refractivity contribution < 1.29 is 0 Å². The first-order valence-corrected chi connectivity index (χ1v) is 6.38. The molecule has 0 radical (unpaired) electrons. The van der Waals surface area contributed by atoms with Gasteiger partial charge in [-0.05, 0) is 22.3 Å². The van der Waals surface area contributed by atoms with Gasteiger partial charge < -0.3 is 11.5 Å². The average molecular weight is 263 g/mol. The third-order valence-corrected chi connectivity index (χ3v) is 3.91. The van der Waals surface area contributed by atoms with E-state index < -0.39 is 5.54 Å². The molecule has 2 aliphatic rings. The van der Waals surface area contributed by atoms with Crippen LogP contribution in [-0.4, -0.2) is 11.8 Å². The van der Waals surface area contributed by atoms with E-state index in [4.69, 9.17) is 11.5 Å². The molecule has 0 saturated carbocycles. The predicted molar refractivity (Wildman–Crippen MR) is 79.0 cm³/mol. The van der Waals surface area contributed by atoms with Gasteiger partial charge in [0.25, 0.3) is 0 Å². The second-order valence-electron chi connectivity index (χ2n) is 4.92. The molecule has 0 aromatic heterocycles. The van der Waals surface area contributed by atoms with E-state index in [1.54, 1.807) is 0 Å². The summed E-state index contributed by atoms with van der Waals surface area (Å²) in [4.78, 5) is 4.18. The van der Waals surface area contributed by atoms with Crippen LogP contribution in [0.4, 0.5) is 0 Å². The molecule has 2 aromatic rings. The molecule has 0 fully saturated rings. The number of hydrogen-bond acceptors (Lipinski definition) is 5. The zero-order valence-electron chi connectivity index (χ0n) is 10.7. The molecule has 98 valence electrons. The summed E-state index contributed by atoms with van der Waals surface area (Å²) in [5, 5.41) is 4.09. The second-order valence-corrected chi connectivity index (χ2v) is 4.92. The first-order valence-electron chi connectivity index (χ1n) is 6.38. The van der Waals surface area contributed by atoms with Crippen molar-refractivity contribution >= 4 is 11.8 Å². The Hall–Kier alpha value is -2.82. The van der Waals surface area contributed by atoms with Crippen molar-refractivity contribution in [2.45, 2.75) is 5.54 Å². The molecular weight excluding hydrogens is 250 g/mol. The molecule has 0 saturated heterocycles. The number of nitrogens with one attached hydrogen (secondary N) is 1. The standard InChI is InChI=1S/C15H13N5/c16-13-15(20-19-14(17)18-13)11-7-3-1-5-9(11)10-6-2-4-8-12(10)15/h1-8,20H,(H4,16,17,18,19). The average Bonchev–Trinajstić information content (AvgIpc) is 2.76. The molecule has 0 amide bonds. The SMILES string of the molecule is NC1=NNC2(C(N)=N1)c1ccccc1-c1ccccc12. The van der Waals surface area contributed by atoms with Crippen LogP contribution < -0.4 is 16.9 Å². The lowest BCUT2D eigenvalue weighted by Gasteiger charge is -2.33. The van der Waals surface area contributed by atoms with Gasteiger partial charge in [-0.25, -0.2) is 0 Å². The first-order chi connectivity index (χ1) is 9.73. The summed E-state index contributed by atoms with van der Waals surface area (Å²) < 4.78 is 0. The lowest BCUT2D eigenvalue weighted by atomic mass is 9.86. The lowest BCUT2D eigenvalue weighted by Crippen LogP contribution is -2.53. The highest BCUT2D eigenvalue weighted by molar-refractivity contribution is 6.08. The van der Waals surface area contributed by atoms with Crippen LogP contribution in [-0.2, 0) is 5.54 Å². The number of aliphatic imine (C=N–C) groups is 1. The summed E-state index contributed by atoms with van der Waals surface area (Å²) in [6.07, 6.45) is 0. The van der Waals surface area contributed by atoms with Gasteiger partial charge in [0.05, 0.1) is 0 Å². The zero-order chi connectivity index (χ0) is 13.7. The smallest absolute Gasteiger partial charge is 0.239 e. The number of guanidine groups is 1. The monoisotopic (exact) mass is 263 g/mol. The molecule has 5 N–H and O–H groups in total. The summed E-state index contributed by atoms with van der Waals surface area (Å²) in [5.41, 5.74) is 18.7. The van der Waals surface area contributed by atoms with Gasteiger partial charge in [0, 0.05) is 0 Å². The molecule has 0 unspecified atom stereocenters. The number of hydrogen-bond donors (Lipinski definition) is 3. The van der Waals surface area contributed by atoms with E-state index in [0.29, 0.717) is 5.84 Å². The quantitative estimate of drug-likeness (QED) is 0.665. The van der Waals surface area contributed by atoms with Gasteiger partial charge in [-0.3, -0.25) is 5.43 Å². The Morgan fingerprint density at radius 2 is 1.40 bits per heavy atom. The van der Waals surface area contributed by atoms with Crippen LogP contribution in [0.15, 0.2) is 58.6 Å². The molecule has 1 aliphatic heterocycles. The van der Waals surface area contributed by atoms with Crippen molar-refractivity contribution in [1.29, 1.82) is 0 Å². The third kappa shape index (κ3) is 1.17. The summed E-state index contributed by atoms with van der Waals surface area (Å²) >= 11 is 0. The number of hydrazone groups is 1. The van der Waals surface area contributed by atoms with Crippen molar-refractivity contribution in [1.82, 2.24) is 5.43 Å². The molecule has 1 aliphatic carbocycles. The summed E-state index contributed by atoms with van der Waals surface area (Å²) in [6.45, 7) is 0. The summed E-state index contributed by atoms with van der Waals surface area (Å²) in [6, 6.07) is 16.3. The maximum Gasteiger partial charge on any atom is 0.239 e. The van der Waals surface area contributed by atoms with Crippen molar-refractivity contribution in [2.75, 3.05) is 0 Å². The maximum absolute atomic E-state index is 6.22. The third-order valence-electron chi connectivity index (χ3n) is 3.91. The van der Waals surface area contributed by atoms with Crippen LogP contribution in [0.3, 0.4) is 0 Å². The number of nitrogens with two attached hydrogens (primary N) is 2. The first kappa shape index (κ1) is 11.0. The van der Waals surface area contributed by atoms with Crippen LogP contribution in [0.5, 0.6) is 0 Å². The van der Waals surface area contributed by atoms with Gasteiger partial charge in [-0.2, -0.15) is 4.99 Å². The minimum Gasteiger partial charge on any atom is -0.384 e. The zero-order valence-corrected chi connectivity index (χ0v) is 10.7. The van der Waals surface area contributed by atoms with Gasteiger partial charge in [0.2, 0.25) is 5.96 Å². The lowest BCUT2D eigenvalue weighted by molar-refractivity contribution is 0.541. The predicted octanol–water partition coefficient (Wildman–Crippen LogP) is 1.10. The van der Waals surface area contributed by atoms with Gasteiger partial charge in [-0.1, -0.05) is 48.5 Å². The van der Waals surface area contributed by atoms with Gasteiger partial charge in [-0.15, -0.1) is 5.10 Å². The number of rotatable bonds is 0. The minimum absolute atomic E-state index is 0.148. The highest BCUT2D eigenvalue weighted by Crippen LogP contribution is 2.47. The second kappa shape index (κ2) is 3.60. The Balaban J connectivity index is 2.09. The number of fused-ring (bicyclic) bond motifs is 5. The summed E-state index contributed by atoms with van der Waals surface area (Å²) in [5.74, 6) is 0.567. The normalized spacial score (nSPS) is 17.8. The Bertz CT molecular complexity index is 730. The van der Waals surface area contributed by atoms with Crippen LogP contribution in [0.25, 0.3) is 11.1 Å². The fraction of sp³-hybridized carbons (Fsp3) is 0.0667. The van der Waals surface area contributed by atoms with Crippen LogP contribution in [0.2, 0.25) is 0 Å².